The summed E-state index contributed by atoms with van der Waals surface area (Å²) in [5, 5.41) is 9.53. The first-order chi connectivity index (χ1) is 15.4. The van der Waals surface area contributed by atoms with Crippen LogP contribution < -0.4 is 36.1 Å². The molecule has 0 saturated carbocycles. The highest BCUT2D eigenvalue weighted by Gasteiger charge is 2.39. The van der Waals surface area contributed by atoms with Gasteiger partial charge in [0.05, 0.1) is 55.7 Å². The molecule has 0 unspecified atom stereocenters. The van der Waals surface area contributed by atoms with Gasteiger partial charge in [0.2, 0.25) is 5.75 Å². The summed E-state index contributed by atoms with van der Waals surface area (Å²) in [6, 6.07) is 8.43. The number of hydrogen-bond donors (Lipinski definition) is 1. The summed E-state index contributed by atoms with van der Waals surface area (Å²) in [5.74, 6) is 3.37. The topological polar surface area (TPSA) is 66.4 Å². The summed E-state index contributed by atoms with van der Waals surface area (Å²) in [6.07, 6.45) is 2.48. The normalized spacial score (nSPS) is 19.2. The summed E-state index contributed by atoms with van der Waals surface area (Å²) in [6.45, 7) is 2.06. The van der Waals surface area contributed by atoms with Gasteiger partial charge in [-0.25, -0.2) is 0 Å². The number of quaternary nitrogens is 1. The van der Waals surface area contributed by atoms with Crippen LogP contribution >= 0.6 is 0 Å². The summed E-state index contributed by atoms with van der Waals surface area (Å²) < 4.78 is 28.7. The van der Waals surface area contributed by atoms with Crippen LogP contribution in [0.3, 0.4) is 0 Å². The lowest BCUT2D eigenvalue weighted by molar-refractivity contribution is -0.941. The quantitative estimate of drug-likeness (QED) is 0.496. The molecule has 8 heteroatoms. The zero-order chi connectivity index (χ0) is 23.3. The van der Waals surface area contributed by atoms with E-state index in [4.69, 9.17) is 23.7 Å². The van der Waals surface area contributed by atoms with Gasteiger partial charge in [-0.05, 0) is 35.4 Å². The molecule has 2 aromatic carbocycles. The predicted molar refractivity (Wildman–Crippen MR) is 123 cm³/mol. The number of aliphatic hydroxyl groups excluding tert-OH is 1. The Hall–Kier alpha value is -2.35. The Kier molecular flexibility index (Phi) is 9.52. The molecule has 0 fully saturated rings. The molecule has 33 heavy (non-hydrogen) atoms. The van der Waals surface area contributed by atoms with E-state index in [9.17, 15) is 5.11 Å². The lowest BCUT2D eigenvalue weighted by Gasteiger charge is -2.46. The van der Waals surface area contributed by atoms with Gasteiger partial charge in [-0.15, -0.1) is 0 Å². The first kappa shape index (κ1) is 26.9. The minimum Gasteiger partial charge on any atom is -1.00 e. The third kappa shape index (κ3) is 5.42. The standard InChI is InChI=1S/C25H36NO6.ClH/c1-26(9-7-11-27)10-8-18-15-21(28-2)22(29-3)16-19(18)20(26)12-17-13-23(30-4)25(32-6)24(14-17)31-5;/h13-16,20,27H,7-12H2,1-6H3;1H/q+1;/p-1/t20-,26-;/m1./s1. The van der Waals surface area contributed by atoms with Crippen LogP contribution in [0.5, 0.6) is 28.7 Å². The van der Waals surface area contributed by atoms with Crippen molar-refractivity contribution >= 4 is 0 Å². The molecule has 2 atom stereocenters. The van der Waals surface area contributed by atoms with Crippen LogP contribution in [0, 0.1) is 0 Å². The van der Waals surface area contributed by atoms with E-state index in [1.165, 1.54) is 11.1 Å². The Balaban J connectivity index is 0.00000385. The number of benzene rings is 2. The van der Waals surface area contributed by atoms with Crippen molar-refractivity contribution in [3.63, 3.8) is 0 Å². The second kappa shape index (κ2) is 11.7. The molecule has 1 N–H and O–H groups in total. The predicted octanol–water partition coefficient (Wildman–Crippen LogP) is 0.403. The van der Waals surface area contributed by atoms with Gasteiger partial charge in [0.1, 0.15) is 6.04 Å². The molecule has 1 aliphatic rings. The SMILES string of the molecule is COc1cc2c(cc1OC)[C@@H](Cc1cc(OC)c(OC)c(OC)c1)[N@+](C)(CCCO)CC2.[Cl-]. The Morgan fingerprint density at radius 3 is 1.94 bits per heavy atom. The van der Waals surface area contributed by atoms with Crippen molar-refractivity contribution in [1.82, 2.24) is 0 Å². The highest BCUT2D eigenvalue weighted by atomic mass is 35.5. The Bertz CT molecular complexity index is 912. The maximum atomic E-state index is 9.53. The lowest BCUT2D eigenvalue weighted by Crippen LogP contribution is -3.00. The monoisotopic (exact) mass is 481 g/mol. The molecule has 3 rings (SSSR count). The maximum Gasteiger partial charge on any atom is 0.203 e. The zero-order valence-electron chi connectivity index (χ0n) is 20.4. The van der Waals surface area contributed by atoms with Crippen molar-refractivity contribution in [2.75, 3.05) is 62.3 Å². The second-order valence-electron chi connectivity index (χ2n) is 8.41. The molecule has 0 radical (unpaired) electrons. The summed E-state index contributed by atoms with van der Waals surface area (Å²) in [4.78, 5) is 0. The van der Waals surface area contributed by atoms with Gasteiger partial charge in [-0.1, -0.05) is 0 Å². The molecule has 1 aliphatic heterocycles. The number of halogens is 1. The van der Waals surface area contributed by atoms with Gasteiger partial charge in [-0.2, -0.15) is 0 Å². The van der Waals surface area contributed by atoms with Crippen molar-refractivity contribution < 1.29 is 45.7 Å². The van der Waals surface area contributed by atoms with E-state index >= 15 is 0 Å². The van der Waals surface area contributed by atoms with Gasteiger partial charge >= 0.3 is 0 Å². The third-order valence-corrected chi connectivity index (χ3v) is 6.63. The van der Waals surface area contributed by atoms with Crippen molar-refractivity contribution in [1.29, 1.82) is 0 Å². The van der Waals surface area contributed by atoms with Gasteiger partial charge in [-0.3, -0.25) is 0 Å². The van der Waals surface area contributed by atoms with Crippen LogP contribution in [0.1, 0.15) is 29.2 Å². The second-order valence-corrected chi connectivity index (χ2v) is 8.41. The molecule has 7 nitrogen and oxygen atoms in total. The van der Waals surface area contributed by atoms with Crippen molar-refractivity contribution in [3.05, 3.63) is 41.0 Å². The zero-order valence-corrected chi connectivity index (χ0v) is 21.2. The maximum absolute atomic E-state index is 9.53. The van der Waals surface area contributed by atoms with E-state index < -0.39 is 0 Å². The molecule has 0 spiro atoms. The van der Waals surface area contributed by atoms with E-state index in [2.05, 4.69) is 19.2 Å². The van der Waals surface area contributed by atoms with Crippen LogP contribution in [0.15, 0.2) is 24.3 Å². The largest absolute Gasteiger partial charge is 1.00 e. The number of ether oxygens (including phenoxy) is 5. The smallest absolute Gasteiger partial charge is 0.203 e. The number of likely N-dealkylation sites (N-methyl/N-ethyl adjacent to an activating group) is 1. The molecule has 0 amide bonds. The first-order valence-electron chi connectivity index (χ1n) is 10.9. The molecule has 2 aromatic rings. The van der Waals surface area contributed by atoms with E-state index in [1.807, 2.05) is 12.1 Å². The average Bonchev–Trinajstić information content (AvgIpc) is 2.83. The number of methoxy groups -OCH3 is 5. The minimum absolute atomic E-state index is 0. The van der Waals surface area contributed by atoms with E-state index in [-0.39, 0.29) is 25.1 Å². The molecular weight excluding hydrogens is 446 g/mol. The van der Waals surface area contributed by atoms with Gasteiger partial charge < -0.3 is 45.7 Å². The number of aliphatic hydroxyl groups is 1. The lowest BCUT2D eigenvalue weighted by atomic mass is 9.86. The molecule has 0 aliphatic carbocycles. The van der Waals surface area contributed by atoms with Crippen LogP contribution in [-0.4, -0.2) is 71.9 Å². The van der Waals surface area contributed by atoms with Crippen molar-refractivity contribution in [2.45, 2.75) is 25.3 Å². The van der Waals surface area contributed by atoms with Gasteiger partial charge in [0.15, 0.2) is 23.0 Å². The summed E-state index contributed by atoms with van der Waals surface area (Å²) in [7, 11) is 10.5. The summed E-state index contributed by atoms with van der Waals surface area (Å²) in [5.41, 5.74) is 3.63. The van der Waals surface area contributed by atoms with Crippen LogP contribution in [0.4, 0.5) is 0 Å². The molecule has 1 heterocycles. The van der Waals surface area contributed by atoms with E-state index in [1.54, 1.807) is 35.5 Å². The van der Waals surface area contributed by atoms with Gasteiger partial charge in [0, 0.05) is 31.4 Å². The highest BCUT2D eigenvalue weighted by Crippen LogP contribution is 2.44. The molecule has 0 bridgehead atoms. The fourth-order valence-electron chi connectivity index (χ4n) is 4.84. The molecular formula is C25H36ClNO6. The fourth-order valence-corrected chi connectivity index (χ4v) is 4.84. The van der Waals surface area contributed by atoms with Crippen LogP contribution in [-0.2, 0) is 12.8 Å². The van der Waals surface area contributed by atoms with E-state index in [0.717, 1.165) is 53.9 Å². The third-order valence-electron chi connectivity index (χ3n) is 6.63. The molecule has 184 valence electrons. The number of fused-ring (bicyclic) bond motifs is 1. The number of nitrogens with zero attached hydrogens (tertiary/aromatic N) is 1. The van der Waals surface area contributed by atoms with Crippen molar-refractivity contribution in [2.24, 2.45) is 0 Å². The van der Waals surface area contributed by atoms with Crippen molar-refractivity contribution in [3.8, 4) is 28.7 Å². The Morgan fingerprint density at radius 1 is 0.848 bits per heavy atom. The first-order valence-corrected chi connectivity index (χ1v) is 10.9. The van der Waals surface area contributed by atoms with Crippen LogP contribution in [0.25, 0.3) is 0 Å². The van der Waals surface area contributed by atoms with Crippen LogP contribution in [0.2, 0.25) is 0 Å². The Morgan fingerprint density at radius 2 is 1.42 bits per heavy atom. The number of rotatable bonds is 10. The number of hydrogen-bond acceptors (Lipinski definition) is 6. The minimum atomic E-state index is 0. The van der Waals surface area contributed by atoms with E-state index in [0.29, 0.717) is 17.2 Å². The van der Waals surface area contributed by atoms with Gasteiger partial charge in [0.25, 0.3) is 0 Å². The molecule has 0 aromatic heterocycles. The summed E-state index contributed by atoms with van der Waals surface area (Å²) >= 11 is 0. The Labute approximate surface area is 203 Å². The highest BCUT2D eigenvalue weighted by molar-refractivity contribution is 5.54. The average molecular weight is 482 g/mol. The molecule has 0 saturated heterocycles. The fraction of sp³-hybridized carbons (Fsp3) is 0.520.